The van der Waals surface area contributed by atoms with E-state index >= 15 is 0 Å². The maximum Gasteiger partial charge on any atom is 0.410 e. The second-order valence-corrected chi connectivity index (χ2v) is 9.94. The van der Waals surface area contributed by atoms with Crippen LogP contribution in [0.3, 0.4) is 0 Å². The fourth-order valence-corrected chi connectivity index (χ4v) is 4.31. The minimum atomic E-state index is -0.799. The highest BCUT2D eigenvalue weighted by Gasteiger charge is 2.29. The Labute approximate surface area is 214 Å². The van der Waals surface area contributed by atoms with Crippen molar-refractivity contribution in [3.63, 3.8) is 0 Å². The van der Waals surface area contributed by atoms with Crippen molar-refractivity contribution in [2.45, 2.75) is 77.7 Å². The van der Waals surface area contributed by atoms with Gasteiger partial charge in [-0.05, 0) is 76.0 Å². The van der Waals surface area contributed by atoms with Crippen LogP contribution in [0.5, 0.6) is 0 Å². The highest BCUT2D eigenvalue weighted by atomic mass is 32.1. The van der Waals surface area contributed by atoms with Gasteiger partial charge in [-0.3, -0.25) is 4.79 Å². The number of carboxylic acid groups (broad SMARTS) is 1. The normalized spacial score (nSPS) is 15.2. The van der Waals surface area contributed by atoms with Crippen LogP contribution in [0, 0.1) is 6.92 Å². The lowest BCUT2D eigenvalue weighted by Gasteiger charge is -2.34. The van der Waals surface area contributed by atoms with E-state index in [0.29, 0.717) is 18.9 Å². The number of rotatable bonds is 7. The van der Waals surface area contributed by atoms with Gasteiger partial charge in [-0.15, -0.1) is 0 Å². The van der Waals surface area contributed by atoms with Crippen molar-refractivity contribution in [2.24, 2.45) is 0 Å². The zero-order valence-electron chi connectivity index (χ0n) is 21.3. The minimum Gasteiger partial charge on any atom is -0.481 e. The molecule has 1 aromatic carbocycles. The number of nitrogens with one attached hydrogen (secondary N) is 1. The number of aromatic nitrogens is 2. The number of aryl methyl sites for hydroxylation is 1. The van der Waals surface area contributed by atoms with Gasteiger partial charge in [0, 0.05) is 18.8 Å². The third kappa shape index (κ3) is 8.13. The quantitative estimate of drug-likeness (QED) is 0.498. The summed E-state index contributed by atoms with van der Waals surface area (Å²) in [4.78, 5) is 34.2. The third-order valence-electron chi connectivity index (χ3n) is 6.11. The molecule has 8 nitrogen and oxygen atoms in total. The Hall–Kier alpha value is -2.81. The van der Waals surface area contributed by atoms with E-state index < -0.39 is 11.6 Å². The van der Waals surface area contributed by atoms with Gasteiger partial charge in [-0.1, -0.05) is 19.1 Å². The van der Waals surface area contributed by atoms with Crippen LogP contribution in [0.25, 0.3) is 0 Å². The predicted molar refractivity (Wildman–Crippen MR) is 142 cm³/mol. The van der Waals surface area contributed by atoms with E-state index in [4.69, 9.17) is 4.74 Å². The van der Waals surface area contributed by atoms with Gasteiger partial charge in [0.05, 0.1) is 24.5 Å². The molecule has 1 aromatic heterocycles. The first-order valence-electron chi connectivity index (χ1n) is 11.9. The van der Waals surface area contributed by atoms with Crippen molar-refractivity contribution >= 4 is 36.9 Å². The number of hydrogen-bond donors (Lipinski definition) is 2. The Morgan fingerprint density at radius 2 is 1.83 bits per heavy atom. The van der Waals surface area contributed by atoms with Crippen LogP contribution in [-0.2, 0) is 9.53 Å². The first kappa shape index (κ1) is 28.4. The van der Waals surface area contributed by atoms with Gasteiger partial charge in [0.2, 0.25) is 0 Å². The summed E-state index contributed by atoms with van der Waals surface area (Å²) in [5, 5.41) is 12.8. The van der Waals surface area contributed by atoms with E-state index in [2.05, 4.69) is 27.4 Å². The fourth-order valence-electron chi connectivity index (χ4n) is 4.31. The first-order valence-corrected chi connectivity index (χ1v) is 11.9. The molecule has 2 N–H and O–H groups in total. The van der Waals surface area contributed by atoms with Crippen molar-refractivity contribution in [3.05, 3.63) is 47.5 Å². The summed E-state index contributed by atoms with van der Waals surface area (Å²) >= 11 is 0. The van der Waals surface area contributed by atoms with Crippen molar-refractivity contribution in [2.75, 3.05) is 18.4 Å². The number of amides is 1. The lowest BCUT2D eigenvalue weighted by atomic mass is 9.85. The molecule has 1 amide bonds. The third-order valence-corrected chi connectivity index (χ3v) is 6.11. The largest absolute Gasteiger partial charge is 0.481 e. The van der Waals surface area contributed by atoms with Crippen molar-refractivity contribution in [3.8, 4) is 0 Å². The molecule has 0 bridgehead atoms. The van der Waals surface area contributed by atoms with Crippen molar-refractivity contribution in [1.29, 1.82) is 0 Å². The lowest BCUT2D eigenvalue weighted by molar-refractivity contribution is -0.137. The van der Waals surface area contributed by atoms with Gasteiger partial charge in [-0.25, -0.2) is 14.8 Å². The predicted octanol–water partition coefficient (Wildman–Crippen LogP) is 5.72. The molecule has 1 saturated heterocycles. The highest BCUT2D eigenvalue weighted by molar-refractivity contribution is 7.59. The van der Waals surface area contributed by atoms with E-state index in [1.54, 1.807) is 17.3 Å². The van der Waals surface area contributed by atoms with Gasteiger partial charge >= 0.3 is 12.1 Å². The molecule has 2 aromatic rings. The molecule has 1 aliphatic rings. The number of nitrogens with zero attached hydrogens (tertiary/aromatic N) is 3. The molecule has 0 unspecified atom stereocenters. The van der Waals surface area contributed by atoms with Crippen LogP contribution >= 0.6 is 13.5 Å². The van der Waals surface area contributed by atoms with Gasteiger partial charge in [0.25, 0.3) is 0 Å². The topological polar surface area (TPSA) is 105 Å². The number of piperidine rings is 1. The Balaban J connectivity index is 0.00000432. The van der Waals surface area contributed by atoms with E-state index in [-0.39, 0.29) is 37.8 Å². The molecule has 0 saturated carbocycles. The monoisotopic (exact) mass is 502 g/mol. The smallest absolute Gasteiger partial charge is 0.410 e. The molecular formula is C26H38N4O4S. The molecule has 1 atom stereocenters. The zero-order chi connectivity index (χ0) is 24.9. The molecule has 0 aliphatic carbocycles. The van der Waals surface area contributed by atoms with Crippen LogP contribution in [0.4, 0.5) is 16.2 Å². The molecule has 35 heavy (non-hydrogen) atoms. The summed E-state index contributed by atoms with van der Waals surface area (Å²) in [6.45, 7) is 10.7. The molecule has 3 rings (SSSR count). The molecule has 2 heterocycles. The van der Waals surface area contributed by atoms with Crippen molar-refractivity contribution in [1.82, 2.24) is 14.9 Å². The highest BCUT2D eigenvalue weighted by Crippen LogP contribution is 2.37. The maximum absolute atomic E-state index is 12.5. The fraction of sp³-hybridized carbons (Fsp3) is 0.538. The standard InChI is InChI=1S/C26H36N4O4.H2S/c1-6-18(14-24(31)32)20-7-8-22(23(13-20)29-21-15-27-17(2)28-16-21)19-9-11-30(12-10-19)25(33)34-26(3,4)5;/h7-8,13,15-16,18-19,29H,6,9-12,14H2,1-5H3,(H,31,32);1H2/t18-;/m0./s1. The average molecular weight is 503 g/mol. The lowest BCUT2D eigenvalue weighted by Crippen LogP contribution is -2.41. The van der Waals surface area contributed by atoms with Gasteiger partial charge < -0.3 is 20.1 Å². The Morgan fingerprint density at radius 3 is 2.37 bits per heavy atom. The number of ether oxygens (including phenoxy) is 1. The molecule has 0 radical (unpaired) electrons. The van der Waals surface area contributed by atoms with Gasteiger partial charge in [-0.2, -0.15) is 13.5 Å². The van der Waals surface area contributed by atoms with E-state index in [1.165, 1.54) is 0 Å². The number of hydrogen-bond acceptors (Lipinski definition) is 6. The summed E-state index contributed by atoms with van der Waals surface area (Å²) in [5.74, 6) is 0.102. The Kier molecular flexibility index (Phi) is 9.94. The number of carboxylic acids is 1. The van der Waals surface area contributed by atoms with E-state index in [0.717, 1.165) is 41.8 Å². The zero-order valence-corrected chi connectivity index (χ0v) is 22.3. The molecular weight excluding hydrogens is 464 g/mol. The summed E-state index contributed by atoms with van der Waals surface area (Å²) < 4.78 is 5.53. The number of aliphatic carboxylic acids is 1. The van der Waals surface area contributed by atoms with Gasteiger partial charge in [0.15, 0.2) is 0 Å². The number of benzene rings is 1. The second-order valence-electron chi connectivity index (χ2n) is 9.94. The molecule has 1 aliphatic heterocycles. The Morgan fingerprint density at radius 1 is 1.20 bits per heavy atom. The van der Waals surface area contributed by atoms with Crippen LogP contribution < -0.4 is 5.32 Å². The number of anilines is 2. The van der Waals surface area contributed by atoms with Crippen LogP contribution in [0.2, 0.25) is 0 Å². The second kappa shape index (κ2) is 12.2. The summed E-state index contributed by atoms with van der Waals surface area (Å²) in [7, 11) is 0. The number of carbonyl (C=O) groups excluding carboxylic acids is 1. The summed E-state index contributed by atoms with van der Waals surface area (Å²) in [6.07, 6.45) is 5.71. The Bertz CT molecular complexity index is 999. The summed E-state index contributed by atoms with van der Waals surface area (Å²) in [6, 6.07) is 6.21. The number of likely N-dealkylation sites (tertiary alicyclic amines) is 1. The van der Waals surface area contributed by atoms with E-state index in [1.807, 2.05) is 40.7 Å². The summed E-state index contributed by atoms with van der Waals surface area (Å²) in [5.41, 5.74) is 3.35. The van der Waals surface area contributed by atoms with Gasteiger partial charge in [0.1, 0.15) is 11.4 Å². The van der Waals surface area contributed by atoms with E-state index in [9.17, 15) is 14.7 Å². The molecule has 0 spiro atoms. The molecule has 1 fully saturated rings. The van der Waals surface area contributed by atoms with Crippen LogP contribution in [0.1, 0.15) is 82.2 Å². The number of carbonyl (C=O) groups is 2. The molecule has 9 heteroatoms. The maximum atomic E-state index is 12.5. The first-order chi connectivity index (χ1) is 16.1. The van der Waals surface area contributed by atoms with Crippen LogP contribution in [-0.4, -0.2) is 50.7 Å². The minimum absolute atomic E-state index is 0. The van der Waals surface area contributed by atoms with Crippen molar-refractivity contribution < 1.29 is 19.4 Å². The average Bonchev–Trinajstić information content (AvgIpc) is 2.78. The molecule has 192 valence electrons. The van der Waals surface area contributed by atoms with Crippen LogP contribution in [0.15, 0.2) is 30.6 Å². The SMILES string of the molecule is CC[C@@H](CC(=O)O)c1ccc(C2CCN(C(=O)OC(C)(C)C)CC2)c(Nc2cnc(C)nc2)c1.S.